The number of aryl methyl sites for hydroxylation is 1. The molecule has 1 aromatic heterocycles. The number of carbonyl (C=O) groups is 2. The first-order valence-corrected chi connectivity index (χ1v) is 11.8. The Morgan fingerprint density at radius 3 is 2.58 bits per heavy atom. The summed E-state index contributed by atoms with van der Waals surface area (Å²) in [6, 6.07) is 1.58. The Hall–Kier alpha value is -3.31. The molecule has 2 fully saturated rings. The van der Waals surface area contributed by atoms with Crippen molar-refractivity contribution in [2.75, 3.05) is 13.2 Å². The normalized spacial score (nSPS) is 27.2. The third kappa shape index (κ3) is 3.77. The van der Waals surface area contributed by atoms with Crippen molar-refractivity contribution in [2.24, 2.45) is 0 Å². The van der Waals surface area contributed by atoms with Gasteiger partial charge in [-0.25, -0.2) is 8.78 Å². The van der Waals surface area contributed by atoms with Crippen LogP contribution in [0.5, 0.6) is 5.75 Å². The second kappa shape index (κ2) is 8.67. The minimum absolute atomic E-state index is 0.163. The quantitative estimate of drug-likeness (QED) is 0.666. The maximum absolute atomic E-state index is 14.2. The fraction of sp³-hybridized carbons (Fsp3) is 0.480. The van der Waals surface area contributed by atoms with Gasteiger partial charge in [0.15, 0.2) is 17.7 Å². The molecule has 2 amide bonds. The van der Waals surface area contributed by atoms with Crippen LogP contribution in [0.15, 0.2) is 23.1 Å². The summed E-state index contributed by atoms with van der Waals surface area (Å²) in [6.45, 7) is 5.17. The fourth-order valence-corrected chi connectivity index (χ4v) is 5.43. The SMILES string of the molecule is Cc1cc(F)c(CNC(=O)c2cn3c(c(O)c2=O)C(=O)N2C[C@@H]3[C@]3(CC[C@@H]2C)CO[C@@H](C)O3)c(F)c1. The van der Waals surface area contributed by atoms with E-state index in [2.05, 4.69) is 5.32 Å². The van der Waals surface area contributed by atoms with Gasteiger partial charge in [-0.1, -0.05) is 0 Å². The molecule has 1 spiro atoms. The third-order valence-electron chi connectivity index (χ3n) is 7.42. The number of aromatic hydroxyl groups is 1. The van der Waals surface area contributed by atoms with E-state index in [-0.39, 0.29) is 30.5 Å². The average Bonchev–Trinajstić information content (AvgIpc) is 3.14. The topological polar surface area (TPSA) is 110 Å². The summed E-state index contributed by atoms with van der Waals surface area (Å²) in [5.74, 6) is -3.97. The number of pyridine rings is 1. The van der Waals surface area contributed by atoms with Gasteiger partial charge in [0.25, 0.3) is 11.8 Å². The first-order chi connectivity index (χ1) is 17.0. The lowest BCUT2D eigenvalue weighted by Crippen LogP contribution is -2.53. The molecule has 0 aliphatic carbocycles. The van der Waals surface area contributed by atoms with Crippen molar-refractivity contribution in [1.29, 1.82) is 0 Å². The van der Waals surface area contributed by atoms with E-state index < -0.39 is 64.7 Å². The molecule has 4 heterocycles. The second-order valence-electron chi connectivity index (χ2n) is 9.79. The molecule has 3 aliphatic heterocycles. The first kappa shape index (κ1) is 24.4. The molecule has 2 bridgehead atoms. The molecule has 0 radical (unpaired) electrons. The monoisotopic (exact) mass is 503 g/mol. The Balaban J connectivity index is 1.55. The molecule has 1 aromatic carbocycles. The van der Waals surface area contributed by atoms with Crippen molar-refractivity contribution in [1.82, 2.24) is 14.8 Å². The van der Waals surface area contributed by atoms with Gasteiger partial charge in [0.2, 0.25) is 5.43 Å². The van der Waals surface area contributed by atoms with Crippen LogP contribution in [0.1, 0.15) is 64.7 Å². The number of halogens is 2. The van der Waals surface area contributed by atoms with Gasteiger partial charge in [0, 0.05) is 30.9 Å². The lowest BCUT2D eigenvalue weighted by atomic mass is 9.89. The van der Waals surface area contributed by atoms with Crippen LogP contribution in [0.2, 0.25) is 0 Å². The van der Waals surface area contributed by atoms with E-state index in [0.29, 0.717) is 18.4 Å². The summed E-state index contributed by atoms with van der Waals surface area (Å²) in [5, 5.41) is 13.2. The second-order valence-corrected chi connectivity index (χ2v) is 9.79. The summed E-state index contributed by atoms with van der Waals surface area (Å²) < 4.78 is 41.8. The summed E-state index contributed by atoms with van der Waals surface area (Å²) in [4.78, 5) is 40.8. The van der Waals surface area contributed by atoms with Crippen molar-refractivity contribution in [3.63, 3.8) is 0 Å². The number of hydrogen-bond donors (Lipinski definition) is 2. The number of nitrogens with one attached hydrogen (secondary N) is 1. The third-order valence-corrected chi connectivity index (χ3v) is 7.42. The zero-order valence-corrected chi connectivity index (χ0v) is 20.1. The number of carbonyl (C=O) groups excluding carboxylic acids is 2. The minimum Gasteiger partial charge on any atom is -0.503 e. The highest BCUT2D eigenvalue weighted by molar-refractivity contribution is 5.99. The standard InChI is InChI=1S/C25H27F2N3O6/c1-12-6-17(26)15(18(27)7-12)8-28-23(33)16-9-30-19-10-29(24(34)20(30)22(32)21(16)31)13(2)4-5-25(19)11-35-14(3)36-25/h6-7,9,13-14,19,32H,4-5,8,10-11H2,1-3H3,(H,28,33)/t13-,14+,19+,25-/m0/s1. The summed E-state index contributed by atoms with van der Waals surface area (Å²) in [6.07, 6.45) is 1.92. The summed E-state index contributed by atoms with van der Waals surface area (Å²) >= 11 is 0. The number of nitrogens with zero attached hydrogens (tertiary/aromatic N) is 2. The highest BCUT2D eigenvalue weighted by atomic mass is 19.1. The molecule has 5 rings (SSSR count). The van der Waals surface area contributed by atoms with E-state index in [1.165, 1.54) is 17.7 Å². The van der Waals surface area contributed by atoms with Crippen LogP contribution < -0.4 is 10.7 Å². The Kier molecular flexibility index (Phi) is 5.87. The van der Waals surface area contributed by atoms with Crippen LogP contribution in [0.25, 0.3) is 0 Å². The minimum atomic E-state index is -1.05. The van der Waals surface area contributed by atoms with Crippen molar-refractivity contribution in [3.8, 4) is 5.75 Å². The van der Waals surface area contributed by atoms with Gasteiger partial charge in [-0.2, -0.15) is 0 Å². The molecule has 9 nitrogen and oxygen atoms in total. The Morgan fingerprint density at radius 1 is 1.25 bits per heavy atom. The molecule has 36 heavy (non-hydrogen) atoms. The average molecular weight is 504 g/mol. The highest BCUT2D eigenvalue weighted by Gasteiger charge is 2.54. The molecule has 2 aromatic rings. The molecule has 11 heteroatoms. The van der Waals surface area contributed by atoms with E-state index in [4.69, 9.17) is 9.47 Å². The zero-order valence-electron chi connectivity index (χ0n) is 20.1. The maximum Gasteiger partial charge on any atom is 0.274 e. The molecular formula is C25H27F2N3O6. The van der Waals surface area contributed by atoms with Gasteiger partial charge in [-0.05, 0) is 51.3 Å². The zero-order chi connectivity index (χ0) is 25.9. The maximum atomic E-state index is 14.2. The number of rotatable bonds is 3. The summed E-state index contributed by atoms with van der Waals surface area (Å²) in [7, 11) is 0. The van der Waals surface area contributed by atoms with Gasteiger partial charge in [-0.15, -0.1) is 0 Å². The van der Waals surface area contributed by atoms with Gasteiger partial charge < -0.3 is 29.4 Å². The van der Waals surface area contributed by atoms with Gasteiger partial charge >= 0.3 is 0 Å². The van der Waals surface area contributed by atoms with Crippen LogP contribution in [0, 0.1) is 18.6 Å². The Morgan fingerprint density at radius 2 is 1.94 bits per heavy atom. The first-order valence-electron chi connectivity index (χ1n) is 11.8. The number of benzene rings is 1. The van der Waals surface area contributed by atoms with E-state index in [1.807, 2.05) is 6.92 Å². The van der Waals surface area contributed by atoms with Crippen LogP contribution >= 0.6 is 0 Å². The largest absolute Gasteiger partial charge is 0.503 e. The van der Waals surface area contributed by atoms with E-state index in [1.54, 1.807) is 11.8 Å². The molecule has 2 N–H and O–H groups in total. The number of ether oxygens (including phenoxy) is 2. The van der Waals surface area contributed by atoms with Crippen molar-refractivity contribution >= 4 is 11.8 Å². The van der Waals surface area contributed by atoms with Gasteiger partial charge in [-0.3, -0.25) is 14.4 Å². The smallest absolute Gasteiger partial charge is 0.274 e. The van der Waals surface area contributed by atoms with Crippen LogP contribution in [0.3, 0.4) is 0 Å². The lowest BCUT2D eigenvalue weighted by Gasteiger charge is -2.42. The molecule has 0 unspecified atom stereocenters. The van der Waals surface area contributed by atoms with Gasteiger partial charge in [0.05, 0.1) is 12.6 Å². The van der Waals surface area contributed by atoms with Crippen molar-refractivity contribution < 1.29 is 33.0 Å². The highest BCUT2D eigenvalue weighted by Crippen LogP contribution is 2.45. The predicted octanol–water partition coefficient (Wildman–Crippen LogP) is 2.38. The molecule has 3 aliphatic rings. The molecule has 192 valence electrons. The van der Waals surface area contributed by atoms with E-state index in [0.717, 1.165) is 12.1 Å². The predicted molar refractivity (Wildman–Crippen MR) is 123 cm³/mol. The molecule has 2 saturated heterocycles. The van der Waals surface area contributed by atoms with Crippen LogP contribution in [0.4, 0.5) is 8.78 Å². The summed E-state index contributed by atoms with van der Waals surface area (Å²) in [5.41, 5.74) is -2.53. The lowest BCUT2D eigenvalue weighted by molar-refractivity contribution is -0.0988. The Bertz CT molecular complexity index is 1300. The number of fused-ring (bicyclic) bond motifs is 5. The molecular weight excluding hydrogens is 476 g/mol. The number of aromatic nitrogens is 1. The molecule has 4 atom stereocenters. The fourth-order valence-electron chi connectivity index (χ4n) is 5.43. The van der Waals surface area contributed by atoms with Crippen LogP contribution in [-0.2, 0) is 16.0 Å². The Labute approximate surface area is 205 Å². The van der Waals surface area contributed by atoms with E-state index >= 15 is 0 Å². The van der Waals surface area contributed by atoms with Crippen LogP contribution in [-0.4, -0.2) is 57.5 Å². The van der Waals surface area contributed by atoms with Gasteiger partial charge in [0.1, 0.15) is 22.8 Å². The number of hydrogen-bond acceptors (Lipinski definition) is 6. The van der Waals surface area contributed by atoms with Crippen molar-refractivity contribution in [3.05, 3.63) is 62.6 Å². The molecule has 0 saturated carbocycles. The number of amides is 2. The van der Waals surface area contributed by atoms with E-state index in [9.17, 15) is 28.3 Å². The van der Waals surface area contributed by atoms with Crippen molar-refractivity contribution in [2.45, 2.75) is 64.1 Å².